The number of phenols is 2. The molecular weight excluding hydrogens is 276 g/mol. The van der Waals surface area contributed by atoms with E-state index in [1.54, 1.807) is 12.1 Å². The average molecular weight is 292 g/mol. The Morgan fingerprint density at radius 2 is 1.16 bits per heavy atom. The van der Waals surface area contributed by atoms with E-state index < -0.39 is 0 Å². The molecule has 0 fully saturated rings. The first-order valence-corrected chi connectivity index (χ1v) is 6.76. The fourth-order valence-corrected chi connectivity index (χ4v) is 2.42. The van der Waals surface area contributed by atoms with Gasteiger partial charge in [-0.3, -0.25) is 0 Å². The lowest BCUT2D eigenvalue weighted by Crippen LogP contribution is -2.18. The average Bonchev–Trinajstić information content (AvgIpc) is 2.35. The maximum atomic E-state index is 9.54. The van der Waals surface area contributed by atoms with Crippen molar-refractivity contribution < 1.29 is 10.2 Å². The maximum Gasteiger partial charge on any atom is 0.128 e. The zero-order valence-electron chi connectivity index (χ0n) is 10.8. The molecule has 4 heteroatoms. The topological polar surface area (TPSA) is 40.5 Å². The first kappa shape index (κ1) is 14.2. The van der Waals surface area contributed by atoms with Gasteiger partial charge in [0.25, 0.3) is 0 Å². The predicted molar refractivity (Wildman–Crippen MR) is 82.8 cm³/mol. The van der Waals surface area contributed by atoms with Crippen LogP contribution in [0.5, 0.6) is 11.5 Å². The first-order valence-electron chi connectivity index (χ1n) is 5.87. The van der Waals surface area contributed by atoms with Crippen LogP contribution in [0.2, 0.25) is 0 Å². The summed E-state index contributed by atoms with van der Waals surface area (Å²) in [5.41, 5.74) is 1.80. The number of hydrogen-bond acceptors (Lipinski definition) is 4. The van der Waals surface area contributed by atoms with E-state index in [-0.39, 0.29) is 16.9 Å². The van der Waals surface area contributed by atoms with Crippen LogP contribution in [-0.2, 0) is 5.41 Å². The van der Waals surface area contributed by atoms with Crippen molar-refractivity contribution in [1.29, 1.82) is 0 Å². The van der Waals surface area contributed by atoms with Gasteiger partial charge in [-0.1, -0.05) is 26.0 Å². The summed E-state index contributed by atoms with van der Waals surface area (Å²) in [5, 5.41) is 19.1. The molecule has 0 aliphatic heterocycles. The Balaban J connectivity index is 2.51. The summed E-state index contributed by atoms with van der Waals surface area (Å²) >= 11 is 8.49. The number of hydrogen-bond donors (Lipinski definition) is 4. The number of aromatic hydroxyl groups is 2. The summed E-state index contributed by atoms with van der Waals surface area (Å²) in [6.07, 6.45) is 0. The zero-order valence-corrected chi connectivity index (χ0v) is 12.5. The van der Waals surface area contributed by atoms with E-state index in [9.17, 15) is 10.2 Å². The highest BCUT2D eigenvalue weighted by Crippen LogP contribution is 2.37. The van der Waals surface area contributed by atoms with Crippen molar-refractivity contribution in [2.24, 2.45) is 0 Å². The summed E-state index contributed by atoms with van der Waals surface area (Å²) in [6.45, 7) is 4.15. The summed E-state index contributed by atoms with van der Waals surface area (Å²) < 4.78 is 0. The summed E-state index contributed by atoms with van der Waals surface area (Å²) in [7, 11) is 0. The molecule has 0 aliphatic carbocycles. The molecule has 2 aromatic carbocycles. The van der Waals surface area contributed by atoms with E-state index in [0.717, 1.165) is 11.1 Å². The molecule has 0 unspecified atom stereocenters. The minimum Gasteiger partial charge on any atom is -0.507 e. The summed E-state index contributed by atoms with van der Waals surface area (Å²) in [6, 6.07) is 10.7. The molecule has 0 radical (unpaired) electrons. The molecular formula is C15H16O2S2. The molecule has 100 valence electrons. The van der Waals surface area contributed by atoms with Crippen LogP contribution in [0.25, 0.3) is 0 Å². The fourth-order valence-electron chi connectivity index (χ4n) is 1.99. The predicted octanol–water partition coefficient (Wildman–Crippen LogP) is 4.00. The smallest absolute Gasteiger partial charge is 0.128 e. The lowest BCUT2D eigenvalue weighted by atomic mass is 9.78. The SMILES string of the molecule is CC(C)(c1ccc(O)c(S)c1)c1ccc(O)c(S)c1. The second kappa shape index (κ2) is 5.02. The standard InChI is InChI=1S/C15H16O2S2/c1-15(2,9-3-5-11(16)13(18)7-9)10-4-6-12(17)14(19)8-10/h3-8,16-19H,1-2H3. The van der Waals surface area contributed by atoms with Crippen LogP contribution >= 0.6 is 25.3 Å². The number of thiol groups is 2. The van der Waals surface area contributed by atoms with E-state index in [1.165, 1.54) is 0 Å². The highest BCUT2D eigenvalue weighted by Gasteiger charge is 2.24. The monoisotopic (exact) mass is 292 g/mol. The lowest BCUT2D eigenvalue weighted by molar-refractivity contribution is 0.460. The minimum absolute atomic E-state index is 0.170. The largest absolute Gasteiger partial charge is 0.507 e. The molecule has 2 N–H and O–H groups in total. The van der Waals surface area contributed by atoms with Crippen LogP contribution in [-0.4, -0.2) is 10.2 Å². The van der Waals surface area contributed by atoms with Crippen molar-refractivity contribution in [2.45, 2.75) is 29.1 Å². The van der Waals surface area contributed by atoms with E-state index in [1.807, 2.05) is 24.3 Å². The molecule has 2 aromatic rings. The Morgan fingerprint density at radius 1 is 0.789 bits per heavy atom. The minimum atomic E-state index is -0.267. The molecule has 19 heavy (non-hydrogen) atoms. The van der Waals surface area contributed by atoms with Crippen molar-refractivity contribution in [1.82, 2.24) is 0 Å². The molecule has 0 aliphatic rings. The molecule has 0 heterocycles. The normalized spacial score (nSPS) is 11.6. The quantitative estimate of drug-likeness (QED) is 0.632. The first-order chi connectivity index (χ1) is 8.82. The van der Waals surface area contributed by atoms with Crippen LogP contribution in [0, 0.1) is 0 Å². The van der Waals surface area contributed by atoms with E-state index in [2.05, 4.69) is 39.1 Å². The van der Waals surface area contributed by atoms with Gasteiger partial charge in [-0.05, 0) is 35.4 Å². The molecule has 2 rings (SSSR count). The van der Waals surface area contributed by atoms with Gasteiger partial charge in [0.2, 0.25) is 0 Å². The van der Waals surface area contributed by atoms with Gasteiger partial charge in [0.15, 0.2) is 0 Å². The van der Waals surface area contributed by atoms with Crippen molar-refractivity contribution in [3.63, 3.8) is 0 Å². The van der Waals surface area contributed by atoms with Crippen LogP contribution < -0.4 is 0 Å². The van der Waals surface area contributed by atoms with Gasteiger partial charge in [0.05, 0.1) is 0 Å². The van der Waals surface area contributed by atoms with Gasteiger partial charge in [-0.15, -0.1) is 25.3 Å². The van der Waals surface area contributed by atoms with Crippen molar-refractivity contribution in [2.75, 3.05) is 0 Å². The fraction of sp³-hybridized carbons (Fsp3) is 0.200. The third-order valence-electron chi connectivity index (χ3n) is 3.39. The van der Waals surface area contributed by atoms with Crippen molar-refractivity contribution in [3.8, 4) is 11.5 Å². The molecule has 0 saturated carbocycles. The number of rotatable bonds is 2. The van der Waals surface area contributed by atoms with Crippen molar-refractivity contribution >= 4 is 25.3 Å². The molecule has 0 spiro atoms. The Kier molecular flexibility index (Phi) is 3.74. The summed E-state index contributed by atoms with van der Waals surface area (Å²) in [5.74, 6) is 0.340. The van der Waals surface area contributed by atoms with Gasteiger partial charge in [-0.2, -0.15) is 0 Å². The van der Waals surface area contributed by atoms with Crippen LogP contribution in [0.1, 0.15) is 25.0 Å². The lowest BCUT2D eigenvalue weighted by Gasteiger charge is -2.27. The third-order valence-corrected chi connectivity index (χ3v) is 4.11. The molecule has 2 nitrogen and oxygen atoms in total. The Bertz CT molecular complexity index is 568. The molecule has 0 aromatic heterocycles. The van der Waals surface area contributed by atoms with Crippen LogP contribution in [0.15, 0.2) is 46.2 Å². The van der Waals surface area contributed by atoms with Gasteiger partial charge in [-0.25, -0.2) is 0 Å². The van der Waals surface area contributed by atoms with Gasteiger partial charge >= 0.3 is 0 Å². The number of benzene rings is 2. The Morgan fingerprint density at radius 3 is 1.47 bits per heavy atom. The zero-order chi connectivity index (χ0) is 14.2. The molecule has 0 saturated heterocycles. The van der Waals surface area contributed by atoms with Gasteiger partial charge in [0.1, 0.15) is 11.5 Å². The number of phenolic OH excluding ortho intramolecular Hbond substituents is 2. The van der Waals surface area contributed by atoms with Gasteiger partial charge in [0, 0.05) is 15.2 Å². The van der Waals surface area contributed by atoms with E-state index in [0.29, 0.717) is 9.79 Å². The van der Waals surface area contributed by atoms with Crippen LogP contribution in [0.3, 0.4) is 0 Å². The van der Waals surface area contributed by atoms with Gasteiger partial charge < -0.3 is 10.2 Å². The highest BCUT2D eigenvalue weighted by molar-refractivity contribution is 7.80. The highest BCUT2D eigenvalue weighted by atomic mass is 32.1. The third kappa shape index (κ3) is 2.69. The second-order valence-corrected chi connectivity index (χ2v) is 6.00. The second-order valence-electron chi connectivity index (χ2n) is 5.03. The van der Waals surface area contributed by atoms with E-state index >= 15 is 0 Å². The molecule has 0 amide bonds. The van der Waals surface area contributed by atoms with Crippen LogP contribution in [0.4, 0.5) is 0 Å². The Labute approximate surface area is 123 Å². The van der Waals surface area contributed by atoms with E-state index in [4.69, 9.17) is 0 Å². The molecule has 0 bridgehead atoms. The molecule has 0 atom stereocenters. The Hall–Kier alpha value is -1.26. The maximum absolute atomic E-state index is 9.54. The van der Waals surface area contributed by atoms with Crippen molar-refractivity contribution in [3.05, 3.63) is 47.5 Å². The summed E-state index contributed by atoms with van der Waals surface area (Å²) in [4.78, 5) is 1.10.